The molecule has 2 aromatic carbocycles. The van der Waals surface area contributed by atoms with Crippen molar-refractivity contribution >= 4 is 17.7 Å². The lowest BCUT2D eigenvalue weighted by atomic mass is 9.95. The van der Waals surface area contributed by atoms with Gasteiger partial charge in [-0.15, -0.1) is 11.8 Å². The summed E-state index contributed by atoms with van der Waals surface area (Å²) in [6, 6.07) is 6.34. The Morgan fingerprint density at radius 3 is 2.40 bits per heavy atom. The number of thioether (sulfide) groups is 1. The number of rotatable bonds is 7. The van der Waals surface area contributed by atoms with Gasteiger partial charge in [-0.1, -0.05) is 6.07 Å². The van der Waals surface area contributed by atoms with E-state index in [1.165, 1.54) is 32.9 Å². The molecule has 0 unspecified atom stereocenters. The first kappa shape index (κ1) is 31.6. The van der Waals surface area contributed by atoms with Gasteiger partial charge in [-0.3, -0.25) is 9.59 Å². The number of nitrogens with one attached hydrogen (secondary N) is 1. The summed E-state index contributed by atoms with van der Waals surface area (Å²) in [5.74, 6) is 0.350. The second-order valence-electron chi connectivity index (χ2n) is 9.36. The van der Waals surface area contributed by atoms with Gasteiger partial charge in [-0.25, -0.2) is 0 Å². The summed E-state index contributed by atoms with van der Waals surface area (Å²) >= 11 is 1.32. The van der Waals surface area contributed by atoms with E-state index in [0.29, 0.717) is 40.2 Å². The Morgan fingerprint density at radius 1 is 1.10 bits per heavy atom. The highest BCUT2D eigenvalue weighted by Crippen LogP contribution is 2.50. The number of aliphatic hydroxyl groups is 4. The van der Waals surface area contributed by atoms with Crippen molar-refractivity contribution in [3.8, 4) is 28.4 Å². The van der Waals surface area contributed by atoms with Crippen LogP contribution in [0.4, 0.5) is 0 Å². The molecule has 1 saturated heterocycles. The molecule has 2 aliphatic rings. The van der Waals surface area contributed by atoms with Crippen LogP contribution in [0, 0.1) is 0 Å². The minimum atomic E-state index is -1.62. The van der Waals surface area contributed by atoms with Crippen molar-refractivity contribution in [2.24, 2.45) is 0 Å². The molecule has 4 rings (SSSR count). The zero-order valence-electron chi connectivity index (χ0n) is 22.5. The number of amides is 1. The molecule has 0 spiro atoms. The Bertz CT molecular complexity index is 1290. The van der Waals surface area contributed by atoms with Crippen LogP contribution in [0.5, 0.6) is 17.2 Å². The van der Waals surface area contributed by atoms with E-state index < -0.39 is 43.4 Å². The van der Waals surface area contributed by atoms with Crippen LogP contribution in [-0.4, -0.2) is 89.6 Å². The van der Waals surface area contributed by atoms with E-state index >= 15 is 0 Å². The first-order chi connectivity index (χ1) is 18.6. The van der Waals surface area contributed by atoms with Crippen LogP contribution >= 0.6 is 11.8 Å². The molecule has 2 aromatic rings. The number of methoxy groups -OCH3 is 2. The van der Waals surface area contributed by atoms with Crippen LogP contribution in [0.3, 0.4) is 0 Å². The highest BCUT2D eigenvalue weighted by molar-refractivity contribution is 7.98. The van der Waals surface area contributed by atoms with Crippen molar-refractivity contribution < 1.29 is 49.6 Å². The maximum Gasteiger partial charge on any atom is 0.229 e. The molecule has 220 valence electrons. The highest BCUT2D eigenvalue weighted by atomic mass is 32.2. The fraction of sp³-hybridized carbons (Fsp3) is 0.481. The molecule has 0 radical (unpaired) electrons. The Kier molecular flexibility index (Phi) is 10.4. The van der Waals surface area contributed by atoms with Gasteiger partial charge in [0.05, 0.1) is 31.8 Å². The van der Waals surface area contributed by atoms with Gasteiger partial charge in [0.1, 0.15) is 24.4 Å². The summed E-state index contributed by atoms with van der Waals surface area (Å²) in [7, 11) is 2.87. The summed E-state index contributed by atoms with van der Waals surface area (Å²) in [5, 5.41) is 43.4. The predicted molar refractivity (Wildman–Crippen MR) is 146 cm³/mol. The standard InChI is InChI=1S/C27H33NO10S.H2O/c1-12(30)28-16-7-5-13-9-18(37-27-24(34)23(33)22(32)19(11-29)38-27)25(35-2)26(36-3)21(13)14-6-8-20(39-4)17(31)10-15(14)16;/h6,8-10,16,19,22-24,27,29,32-34H,5,7,11H2,1-4H3,(H,28,30);1H2/t16-,19+,22+,23-,24+,27+;/m0./s1. The van der Waals surface area contributed by atoms with E-state index in [4.69, 9.17) is 18.9 Å². The smallest absolute Gasteiger partial charge is 0.229 e. The van der Waals surface area contributed by atoms with Crippen LogP contribution in [0.15, 0.2) is 34.0 Å². The van der Waals surface area contributed by atoms with Crippen LogP contribution < -0.4 is 25.0 Å². The highest BCUT2D eigenvalue weighted by Gasteiger charge is 2.45. The maximum atomic E-state index is 13.0. The number of ether oxygens (including phenoxy) is 4. The van der Waals surface area contributed by atoms with Crippen LogP contribution in [0.1, 0.15) is 30.5 Å². The molecule has 13 heteroatoms. The fourth-order valence-electron chi connectivity index (χ4n) is 5.09. The SMILES string of the molecule is COc1c(O[C@@H]2O[C@H](CO)[C@@H](O)[C@H](O)[C@H]2O)cc2c(c1OC)-c1ccc(SC)c(=O)cc1[C@@H](NC(C)=O)CC2.O. The van der Waals surface area contributed by atoms with Crippen LogP contribution in [0.2, 0.25) is 0 Å². The van der Waals surface area contributed by atoms with E-state index in [2.05, 4.69) is 5.32 Å². The molecule has 1 aliphatic carbocycles. The minimum absolute atomic E-state index is 0. The van der Waals surface area contributed by atoms with Gasteiger partial charge >= 0.3 is 0 Å². The predicted octanol–water partition coefficient (Wildman–Crippen LogP) is -0.0697. The van der Waals surface area contributed by atoms with E-state index in [1.807, 2.05) is 12.3 Å². The third kappa shape index (κ3) is 5.91. The number of hydrogen-bond donors (Lipinski definition) is 5. The first-order valence-electron chi connectivity index (χ1n) is 12.4. The average molecular weight is 582 g/mol. The topological polar surface area (TPSA) is 196 Å². The molecule has 1 aliphatic heterocycles. The second kappa shape index (κ2) is 13.2. The zero-order chi connectivity index (χ0) is 28.4. The van der Waals surface area contributed by atoms with E-state index in [9.17, 15) is 30.0 Å². The number of carbonyl (C=O) groups excluding carboxylic acids is 1. The summed E-state index contributed by atoms with van der Waals surface area (Å²) in [6.07, 6.45) is -4.64. The molecule has 40 heavy (non-hydrogen) atoms. The van der Waals surface area contributed by atoms with Crippen molar-refractivity contribution in [2.75, 3.05) is 27.1 Å². The summed E-state index contributed by atoms with van der Waals surface area (Å²) in [4.78, 5) is 25.6. The fourth-order valence-corrected chi connectivity index (χ4v) is 5.55. The number of hydrogen-bond acceptors (Lipinski definition) is 11. The Morgan fingerprint density at radius 2 is 1.80 bits per heavy atom. The molecular weight excluding hydrogens is 546 g/mol. The lowest BCUT2D eigenvalue weighted by Gasteiger charge is -2.39. The van der Waals surface area contributed by atoms with Crippen molar-refractivity contribution in [1.82, 2.24) is 5.32 Å². The average Bonchev–Trinajstić information content (AvgIpc) is 3.16. The van der Waals surface area contributed by atoms with Crippen LogP contribution in [0.25, 0.3) is 11.1 Å². The lowest BCUT2D eigenvalue weighted by molar-refractivity contribution is -0.277. The Hall–Kier alpha value is -2.91. The third-order valence-corrected chi connectivity index (χ3v) is 7.75. The number of aryl methyl sites for hydroxylation is 1. The number of fused-ring (bicyclic) bond motifs is 3. The second-order valence-corrected chi connectivity index (χ2v) is 10.2. The van der Waals surface area contributed by atoms with Gasteiger partial charge in [0, 0.05) is 12.5 Å². The number of aliphatic hydroxyl groups excluding tert-OH is 4. The van der Waals surface area contributed by atoms with E-state index in [-0.39, 0.29) is 28.3 Å². The lowest BCUT2D eigenvalue weighted by Crippen LogP contribution is -2.60. The van der Waals surface area contributed by atoms with Crippen molar-refractivity contribution in [2.45, 2.75) is 61.4 Å². The van der Waals surface area contributed by atoms with Gasteiger partial charge in [0.25, 0.3) is 0 Å². The third-order valence-electron chi connectivity index (χ3n) is 6.97. The molecule has 6 atom stereocenters. The van der Waals surface area contributed by atoms with Crippen LogP contribution in [-0.2, 0) is 16.0 Å². The molecular formula is C27H35NO11S. The Labute approximate surface area is 235 Å². The quantitative estimate of drug-likeness (QED) is 0.275. The monoisotopic (exact) mass is 581 g/mol. The molecule has 1 heterocycles. The van der Waals surface area contributed by atoms with Crippen molar-refractivity contribution in [3.63, 3.8) is 0 Å². The number of carbonyl (C=O) groups is 1. The van der Waals surface area contributed by atoms with E-state index in [0.717, 1.165) is 5.56 Å². The molecule has 0 aromatic heterocycles. The van der Waals surface area contributed by atoms with Crippen molar-refractivity contribution in [1.29, 1.82) is 0 Å². The molecule has 7 N–H and O–H groups in total. The molecule has 12 nitrogen and oxygen atoms in total. The molecule has 1 amide bonds. The van der Waals surface area contributed by atoms with Gasteiger partial charge < -0.3 is 50.2 Å². The molecule has 0 saturated carbocycles. The summed E-state index contributed by atoms with van der Waals surface area (Å²) in [6.45, 7) is 0.815. The first-order valence-corrected chi connectivity index (χ1v) is 13.6. The summed E-state index contributed by atoms with van der Waals surface area (Å²) in [5.41, 5.74) is 2.55. The van der Waals surface area contributed by atoms with Gasteiger partial charge in [0.2, 0.25) is 17.9 Å². The van der Waals surface area contributed by atoms with Gasteiger partial charge in [0.15, 0.2) is 16.9 Å². The summed E-state index contributed by atoms with van der Waals surface area (Å²) < 4.78 is 23.0. The minimum Gasteiger partial charge on any atom is -0.492 e. The molecule has 0 bridgehead atoms. The maximum absolute atomic E-state index is 13.0. The van der Waals surface area contributed by atoms with Gasteiger partial charge in [-0.2, -0.15) is 0 Å². The zero-order valence-corrected chi connectivity index (χ0v) is 23.4. The molecule has 1 fully saturated rings. The Balaban J connectivity index is 0.00000441. The van der Waals surface area contributed by atoms with Gasteiger partial charge in [-0.05, 0) is 54.0 Å². The van der Waals surface area contributed by atoms with E-state index in [1.54, 1.807) is 18.2 Å². The van der Waals surface area contributed by atoms with Crippen molar-refractivity contribution in [3.05, 3.63) is 45.6 Å². The number of benzene rings is 1. The largest absolute Gasteiger partial charge is 0.492 e. The normalized spacial score (nSPS) is 25.4.